The van der Waals surface area contributed by atoms with Crippen molar-refractivity contribution >= 4 is 66.2 Å². The fraction of sp³-hybridized carbons (Fsp3) is 0.214. The molecule has 0 spiro atoms. The molecule has 6 aromatic carbocycles. The fourth-order valence-electron chi connectivity index (χ4n) is 11.2. The summed E-state index contributed by atoms with van der Waals surface area (Å²) in [6.45, 7) is 0. The molecule has 0 aliphatic heterocycles. The highest BCUT2D eigenvalue weighted by Crippen LogP contribution is 2.47. The minimum absolute atomic E-state index is 0.587. The van der Waals surface area contributed by atoms with Crippen molar-refractivity contribution in [3.05, 3.63) is 175 Å². The monoisotopic (exact) mass is 791 g/mol. The third-order valence-electron chi connectivity index (χ3n) is 14.0. The second-order valence-electron chi connectivity index (χ2n) is 17.4. The van der Waals surface area contributed by atoms with Crippen LogP contribution in [0.4, 0.5) is 17.1 Å². The number of para-hydroxylation sites is 3. The Hall–Kier alpha value is -6.72. The van der Waals surface area contributed by atoms with E-state index in [1.807, 2.05) is 12.3 Å². The summed E-state index contributed by atoms with van der Waals surface area (Å²) in [7, 11) is 0. The molecular formula is C56H49N5. The van der Waals surface area contributed by atoms with E-state index in [4.69, 9.17) is 9.97 Å². The van der Waals surface area contributed by atoms with Crippen molar-refractivity contribution in [3.63, 3.8) is 0 Å². The van der Waals surface area contributed by atoms with Crippen molar-refractivity contribution in [2.24, 2.45) is 0 Å². The molecule has 0 radical (unpaired) electrons. The van der Waals surface area contributed by atoms with Crippen LogP contribution in [0.15, 0.2) is 164 Å². The Morgan fingerprint density at radius 3 is 1.75 bits per heavy atom. The number of pyridine rings is 2. The molecule has 2 aliphatic rings. The topological polar surface area (TPSA) is 38.4 Å². The van der Waals surface area contributed by atoms with Gasteiger partial charge in [-0.1, -0.05) is 130 Å². The second-order valence-corrected chi connectivity index (χ2v) is 17.4. The molecule has 0 bridgehead atoms. The molecule has 2 saturated carbocycles. The molecular weight excluding hydrogens is 743 g/mol. The van der Waals surface area contributed by atoms with Gasteiger partial charge in [-0.25, -0.2) is 9.97 Å². The van der Waals surface area contributed by atoms with Gasteiger partial charge in [0.05, 0.1) is 28.4 Å². The minimum atomic E-state index is 0.587. The van der Waals surface area contributed by atoms with Gasteiger partial charge in [0.1, 0.15) is 11.5 Å². The average Bonchev–Trinajstić information content (AvgIpc) is 3.93. The van der Waals surface area contributed by atoms with Gasteiger partial charge >= 0.3 is 0 Å². The second kappa shape index (κ2) is 15.1. The zero-order valence-corrected chi connectivity index (χ0v) is 34.6. The molecule has 0 amide bonds. The third kappa shape index (κ3) is 6.04. The molecule has 12 rings (SSSR count). The molecule has 0 saturated heterocycles. The number of rotatable bonds is 7. The summed E-state index contributed by atoms with van der Waals surface area (Å²) >= 11 is 0. The van der Waals surface area contributed by atoms with E-state index in [0.717, 1.165) is 44.9 Å². The Morgan fingerprint density at radius 1 is 0.443 bits per heavy atom. The van der Waals surface area contributed by atoms with Gasteiger partial charge in [0.25, 0.3) is 0 Å². The molecule has 298 valence electrons. The number of nitrogens with zero attached hydrogens (tertiary/aromatic N) is 5. The molecule has 0 atom stereocenters. The molecule has 5 heteroatoms. The first kappa shape index (κ1) is 36.2. The first-order valence-corrected chi connectivity index (χ1v) is 22.5. The Bertz CT molecular complexity index is 3180. The van der Waals surface area contributed by atoms with Crippen LogP contribution in [0.25, 0.3) is 66.2 Å². The van der Waals surface area contributed by atoms with E-state index < -0.39 is 0 Å². The highest BCUT2D eigenvalue weighted by molar-refractivity contribution is 6.14. The fourth-order valence-corrected chi connectivity index (χ4v) is 11.2. The Balaban J connectivity index is 1.09. The molecule has 0 N–H and O–H groups in total. The summed E-state index contributed by atoms with van der Waals surface area (Å²) in [5.74, 6) is 2.08. The summed E-state index contributed by atoms with van der Waals surface area (Å²) in [5, 5.41) is 6.04. The van der Waals surface area contributed by atoms with Crippen molar-refractivity contribution in [3.8, 4) is 17.1 Å². The average molecular weight is 792 g/mol. The minimum Gasteiger partial charge on any atom is -0.310 e. The maximum atomic E-state index is 5.44. The van der Waals surface area contributed by atoms with E-state index in [-0.39, 0.29) is 0 Å². The Kier molecular flexibility index (Phi) is 8.94. The van der Waals surface area contributed by atoms with Crippen molar-refractivity contribution in [2.75, 3.05) is 4.90 Å². The van der Waals surface area contributed by atoms with Gasteiger partial charge in [0, 0.05) is 50.4 Å². The van der Waals surface area contributed by atoms with Crippen LogP contribution in [-0.4, -0.2) is 18.9 Å². The van der Waals surface area contributed by atoms with Crippen LogP contribution in [0.1, 0.15) is 87.2 Å². The van der Waals surface area contributed by atoms with Crippen LogP contribution in [0.2, 0.25) is 0 Å². The van der Waals surface area contributed by atoms with Gasteiger partial charge in [0.2, 0.25) is 0 Å². The molecule has 4 aromatic heterocycles. The Morgan fingerprint density at radius 2 is 1.05 bits per heavy atom. The van der Waals surface area contributed by atoms with Crippen LogP contribution in [0, 0.1) is 0 Å². The van der Waals surface area contributed by atoms with Gasteiger partial charge in [-0.05, 0) is 115 Å². The maximum absolute atomic E-state index is 5.44. The van der Waals surface area contributed by atoms with E-state index in [9.17, 15) is 0 Å². The largest absolute Gasteiger partial charge is 0.310 e. The predicted octanol–water partition coefficient (Wildman–Crippen LogP) is 15.4. The maximum Gasteiger partial charge on any atom is 0.145 e. The Labute approximate surface area is 356 Å². The van der Waals surface area contributed by atoms with E-state index in [0.29, 0.717) is 11.8 Å². The van der Waals surface area contributed by atoms with Crippen LogP contribution in [0.5, 0.6) is 0 Å². The lowest BCUT2D eigenvalue weighted by Gasteiger charge is -2.30. The van der Waals surface area contributed by atoms with E-state index in [1.165, 1.54) is 114 Å². The molecule has 0 unspecified atom stereocenters. The number of benzene rings is 6. The molecule has 4 heterocycles. The lowest BCUT2D eigenvalue weighted by Crippen LogP contribution is -2.12. The zero-order chi connectivity index (χ0) is 40.3. The summed E-state index contributed by atoms with van der Waals surface area (Å²) < 4.78 is 4.81. The first-order chi connectivity index (χ1) is 30.3. The molecule has 10 aromatic rings. The van der Waals surface area contributed by atoms with Crippen LogP contribution >= 0.6 is 0 Å². The smallest absolute Gasteiger partial charge is 0.145 e. The van der Waals surface area contributed by atoms with Gasteiger partial charge < -0.3 is 4.90 Å². The molecule has 5 nitrogen and oxygen atoms in total. The van der Waals surface area contributed by atoms with Crippen LogP contribution in [-0.2, 0) is 0 Å². The number of hydrogen-bond acceptors (Lipinski definition) is 3. The van der Waals surface area contributed by atoms with Gasteiger partial charge in [-0.2, -0.15) is 0 Å². The number of imidazole rings is 1. The van der Waals surface area contributed by atoms with Crippen LogP contribution in [0.3, 0.4) is 0 Å². The standard InChI is InChI=1S/C56H49N5/c1-4-17-38(18-5-1)43-25-16-26-44(39-19-6-2-7-20-39)55(43)53-37-58-56-49-35-41(30-32-45(49)46-23-10-13-28-51(46)61(53)56)59(40-21-8-3-9-22-40)42-31-33-48-47-24-11-12-27-50(47)60(52(48)36-42)54-29-14-15-34-57-54/h3,8-16,21-39H,1-2,4-7,17-20H2. The highest BCUT2D eigenvalue weighted by atomic mass is 15.1. The van der Waals surface area contributed by atoms with Crippen molar-refractivity contribution in [1.29, 1.82) is 0 Å². The number of anilines is 3. The van der Waals surface area contributed by atoms with Gasteiger partial charge in [-0.3, -0.25) is 8.97 Å². The van der Waals surface area contributed by atoms with Crippen LogP contribution < -0.4 is 4.90 Å². The zero-order valence-electron chi connectivity index (χ0n) is 34.6. The van der Waals surface area contributed by atoms with E-state index >= 15 is 0 Å². The first-order valence-electron chi connectivity index (χ1n) is 22.5. The summed E-state index contributed by atoms with van der Waals surface area (Å²) in [4.78, 5) is 12.7. The number of aromatic nitrogens is 4. The van der Waals surface area contributed by atoms with E-state index in [2.05, 4.69) is 166 Å². The van der Waals surface area contributed by atoms with Gasteiger partial charge in [-0.15, -0.1) is 0 Å². The molecule has 2 fully saturated rings. The van der Waals surface area contributed by atoms with E-state index in [1.54, 1.807) is 0 Å². The molecule has 2 aliphatic carbocycles. The van der Waals surface area contributed by atoms with Crippen molar-refractivity contribution in [2.45, 2.75) is 76.0 Å². The highest BCUT2D eigenvalue weighted by Gasteiger charge is 2.28. The quantitative estimate of drug-likeness (QED) is 0.151. The van der Waals surface area contributed by atoms with Crippen molar-refractivity contribution in [1.82, 2.24) is 18.9 Å². The summed E-state index contributed by atoms with van der Waals surface area (Å²) in [5.41, 5.74) is 13.5. The normalized spacial score (nSPS) is 15.4. The molecule has 61 heavy (non-hydrogen) atoms. The van der Waals surface area contributed by atoms with Crippen molar-refractivity contribution < 1.29 is 0 Å². The summed E-state index contributed by atoms with van der Waals surface area (Å²) in [6, 6.07) is 55.7. The SMILES string of the molecule is c1ccc(N(c2ccc3c4ccccc4n4c(-c5c(C6CCCCC6)cccc5C5CCCCC5)cnc4c3c2)c2ccc3c4ccccc4n(-c4ccccn4)c3c2)cc1. The predicted molar refractivity (Wildman–Crippen MR) is 254 cm³/mol. The number of hydrogen-bond donors (Lipinski definition) is 0. The lowest BCUT2D eigenvalue weighted by molar-refractivity contribution is 0.436. The third-order valence-corrected chi connectivity index (χ3v) is 14.0. The lowest BCUT2D eigenvalue weighted by atomic mass is 9.76. The summed E-state index contributed by atoms with van der Waals surface area (Å²) in [6.07, 6.45) is 17.1. The number of fused-ring (bicyclic) bond motifs is 9. The van der Waals surface area contributed by atoms with Gasteiger partial charge in [0.15, 0.2) is 0 Å².